The minimum Gasteiger partial charge on any atom is -0.493 e. The summed E-state index contributed by atoms with van der Waals surface area (Å²) in [6.45, 7) is 6.98. The molecule has 6 rings (SSSR count). The predicted molar refractivity (Wildman–Crippen MR) is 132 cm³/mol. The molecule has 0 amide bonds. The van der Waals surface area contributed by atoms with Gasteiger partial charge in [0, 0.05) is 46.7 Å². The molecule has 1 saturated carbocycles. The first-order valence-corrected chi connectivity index (χ1v) is 12.7. The van der Waals surface area contributed by atoms with Crippen molar-refractivity contribution in [2.45, 2.75) is 51.5 Å². The van der Waals surface area contributed by atoms with Crippen molar-refractivity contribution in [1.29, 1.82) is 0 Å². The maximum absolute atomic E-state index is 11.6. The summed E-state index contributed by atoms with van der Waals surface area (Å²) in [5, 5.41) is 17.3. The van der Waals surface area contributed by atoms with Crippen molar-refractivity contribution in [3.8, 4) is 17.1 Å². The van der Waals surface area contributed by atoms with Crippen molar-refractivity contribution in [2.24, 2.45) is 4.99 Å². The maximum Gasteiger partial charge on any atom is 0.326 e. The average Bonchev–Trinajstić information content (AvgIpc) is 3.18. The first-order valence-electron chi connectivity index (χ1n) is 11.8. The second-order valence-electron chi connectivity index (χ2n) is 9.43. The zero-order valence-corrected chi connectivity index (χ0v) is 20.4. The lowest BCUT2D eigenvalue weighted by atomic mass is 10.2. The van der Waals surface area contributed by atoms with Crippen LogP contribution in [0.3, 0.4) is 0 Å². The van der Waals surface area contributed by atoms with Crippen molar-refractivity contribution in [3.05, 3.63) is 55.5 Å². The summed E-state index contributed by atoms with van der Waals surface area (Å²) in [7, 11) is 0. The number of morpholine rings is 1. The molecule has 2 atom stereocenters. The Bertz CT molecular complexity index is 1550. The van der Waals surface area contributed by atoms with E-state index in [9.17, 15) is 9.90 Å². The zero-order chi connectivity index (χ0) is 24.1. The highest BCUT2D eigenvalue weighted by atomic mass is 32.1. The molecule has 0 bridgehead atoms. The van der Waals surface area contributed by atoms with E-state index < -0.39 is 5.69 Å². The van der Waals surface area contributed by atoms with E-state index in [1.165, 1.54) is 4.88 Å². The predicted octanol–water partition coefficient (Wildman–Crippen LogP) is 1.40. The molecule has 1 saturated heterocycles. The van der Waals surface area contributed by atoms with E-state index in [2.05, 4.69) is 45.3 Å². The van der Waals surface area contributed by atoms with Crippen molar-refractivity contribution >= 4 is 23.1 Å². The molecule has 1 aliphatic carbocycles. The molecule has 5 heterocycles. The molecule has 0 aromatic carbocycles. The summed E-state index contributed by atoms with van der Waals surface area (Å²) in [5.41, 5.74) is 3.04. The highest BCUT2D eigenvalue weighted by Crippen LogP contribution is 2.26. The SMILES string of the molecule is CC1CN(Cc2cc(-c3cc(=NC4CC4)n4ncc(=Cc5[nH]c(=O)[nH]c5O)c4n3)cs2)CC(C)O1. The summed E-state index contributed by atoms with van der Waals surface area (Å²) in [4.78, 5) is 29.9. The molecule has 2 unspecified atom stereocenters. The number of rotatable bonds is 5. The van der Waals surface area contributed by atoms with E-state index in [0.717, 1.165) is 49.2 Å². The summed E-state index contributed by atoms with van der Waals surface area (Å²) in [6, 6.07) is 4.51. The molecule has 182 valence electrons. The van der Waals surface area contributed by atoms with Gasteiger partial charge in [0.2, 0.25) is 5.88 Å². The molecular formula is C24H27N7O3S. The van der Waals surface area contributed by atoms with Crippen LogP contribution in [0, 0.1) is 0 Å². The Balaban J connectivity index is 1.40. The highest BCUT2D eigenvalue weighted by Gasteiger charge is 2.23. The van der Waals surface area contributed by atoms with Crippen LogP contribution in [0.4, 0.5) is 0 Å². The van der Waals surface area contributed by atoms with Crippen LogP contribution >= 0.6 is 11.3 Å². The smallest absolute Gasteiger partial charge is 0.326 e. The van der Waals surface area contributed by atoms with Crippen molar-refractivity contribution in [3.63, 3.8) is 0 Å². The Kier molecular flexibility index (Phi) is 5.54. The number of hydrogen-bond acceptors (Lipinski definition) is 8. The number of thiophene rings is 1. The number of hydrogen-bond donors (Lipinski definition) is 3. The average molecular weight is 494 g/mol. The highest BCUT2D eigenvalue weighted by molar-refractivity contribution is 7.10. The summed E-state index contributed by atoms with van der Waals surface area (Å²) < 4.78 is 7.59. The number of aromatic amines is 2. The van der Waals surface area contributed by atoms with Gasteiger partial charge in [-0.25, -0.2) is 9.78 Å². The first-order chi connectivity index (χ1) is 16.9. The second kappa shape index (κ2) is 8.74. The molecule has 4 aromatic rings. The molecule has 0 spiro atoms. The Morgan fingerprint density at radius 2 is 2.06 bits per heavy atom. The van der Waals surface area contributed by atoms with Crippen LogP contribution in [-0.4, -0.2) is 65.9 Å². The summed E-state index contributed by atoms with van der Waals surface area (Å²) in [6.07, 6.45) is 5.96. The van der Waals surface area contributed by atoms with Gasteiger partial charge in [-0.2, -0.15) is 9.61 Å². The van der Waals surface area contributed by atoms with Gasteiger partial charge in [-0.1, -0.05) is 0 Å². The molecule has 10 nitrogen and oxygen atoms in total. The largest absolute Gasteiger partial charge is 0.493 e. The van der Waals surface area contributed by atoms with Gasteiger partial charge in [-0.15, -0.1) is 11.3 Å². The van der Waals surface area contributed by atoms with Crippen molar-refractivity contribution < 1.29 is 9.84 Å². The number of ether oxygens (including phenoxy) is 1. The van der Waals surface area contributed by atoms with Gasteiger partial charge in [-0.3, -0.25) is 14.9 Å². The fraction of sp³-hybridized carbons (Fsp3) is 0.417. The topological polar surface area (TPSA) is 124 Å². The number of fused-ring (bicyclic) bond motifs is 1. The third kappa shape index (κ3) is 4.66. The normalized spacial score (nSPS) is 22.5. The van der Waals surface area contributed by atoms with Crippen LogP contribution in [0.25, 0.3) is 23.0 Å². The standard InChI is InChI=1S/C24H27N7O3S/c1-13-9-30(10-14(2)34-13)11-18-5-16(12-35-18)19-7-21(26-17-3-4-17)31-22(27-19)15(8-25-31)6-20-23(32)29-24(33)28-20/h5-8,12-14,17,32H,3-4,9-11H2,1-2H3,(H2,28,29,33). The lowest BCUT2D eigenvalue weighted by molar-refractivity contribution is -0.0702. The van der Waals surface area contributed by atoms with Gasteiger partial charge < -0.3 is 14.8 Å². The molecule has 1 aliphatic heterocycles. The quantitative estimate of drug-likeness (QED) is 0.386. The second-order valence-corrected chi connectivity index (χ2v) is 10.4. The Labute approximate surface area is 204 Å². The monoisotopic (exact) mass is 493 g/mol. The number of aromatic hydroxyl groups is 1. The Morgan fingerprint density at radius 1 is 1.26 bits per heavy atom. The van der Waals surface area contributed by atoms with E-state index in [-0.39, 0.29) is 23.8 Å². The summed E-state index contributed by atoms with van der Waals surface area (Å²) in [5.74, 6) is -0.220. The maximum atomic E-state index is 11.6. The third-order valence-corrected chi connectivity index (χ3v) is 7.12. The van der Waals surface area contributed by atoms with Gasteiger partial charge in [0.05, 0.1) is 30.1 Å². The number of aromatic nitrogens is 5. The van der Waals surface area contributed by atoms with Crippen LogP contribution in [-0.2, 0) is 11.3 Å². The third-order valence-electron chi connectivity index (χ3n) is 6.20. The molecular weight excluding hydrogens is 466 g/mol. The van der Waals surface area contributed by atoms with Crippen LogP contribution in [0.2, 0.25) is 0 Å². The molecule has 11 heteroatoms. The number of H-pyrrole nitrogens is 2. The minimum absolute atomic E-state index is 0.220. The van der Waals surface area contributed by atoms with Crippen LogP contribution in [0.5, 0.6) is 5.88 Å². The molecule has 3 N–H and O–H groups in total. The molecule has 2 fully saturated rings. The van der Waals surface area contributed by atoms with Gasteiger partial charge in [0.1, 0.15) is 5.69 Å². The van der Waals surface area contributed by atoms with Gasteiger partial charge >= 0.3 is 5.69 Å². The number of nitrogens with zero attached hydrogens (tertiary/aromatic N) is 5. The lowest BCUT2D eigenvalue weighted by Crippen LogP contribution is -2.44. The van der Waals surface area contributed by atoms with E-state index in [1.807, 2.05) is 6.07 Å². The van der Waals surface area contributed by atoms with Crippen molar-refractivity contribution in [2.75, 3.05) is 13.1 Å². The number of imidazole rings is 1. The fourth-order valence-electron chi connectivity index (χ4n) is 4.58. The number of nitrogens with one attached hydrogen (secondary N) is 2. The zero-order valence-electron chi connectivity index (χ0n) is 19.6. The van der Waals surface area contributed by atoms with E-state index >= 15 is 0 Å². The fourth-order valence-corrected chi connectivity index (χ4v) is 5.49. The Morgan fingerprint density at radius 3 is 2.77 bits per heavy atom. The molecule has 0 radical (unpaired) electrons. The van der Waals surface area contributed by atoms with Gasteiger partial charge in [0.25, 0.3) is 0 Å². The molecule has 35 heavy (non-hydrogen) atoms. The Hall–Kier alpha value is -3.28. The van der Waals surface area contributed by atoms with Crippen molar-refractivity contribution in [1.82, 2.24) is 29.5 Å². The molecule has 2 aliphatic rings. The summed E-state index contributed by atoms with van der Waals surface area (Å²) >= 11 is 1.73. The minimum atomic E-state index is -0.474. The van der Waals surface area contributed by atoms with E-state index in [1.54, 1.807) is 28.1 Å². The van der Waals surface area contributed by atoms with Crippen LogP contribution < -0.4 is 16.4 Å². The van der Waals surface area contributed by atoms with E-state index in [0.29, 0.717) is 16.9 Å². The van der Waals surface area contributed by atoms with Gasteiger partial charge in [0.15, 0.2) is 11.1 Å². The first kappa shape index (κ1) is 22.2. The molecule has 4 aromatic heterocycles. The van der Waals surface area contributed by atoms with Crippen LogP contribution in [0.15, 0.2) is 33.5 Å². The van der Waals surface area contributed by atoms with E-state index in [4.69, 9.17) is 14.7 Å². The van der Waals surface area contributed by atoms with Crippen LogP contribution in [0.1, 0.15) is 37.3 Å². The lowest BCUT2D eigenvalue weighted by Gasteiger charge is -2.34. The van der Waals surface area contributed by atoms with Gasteiger partial charge in [-0.05, 0) is 38.8 Å².